The minimum atomic E-state index is -0.465. The molecule has 20 heavy (non-hydrogen) atoms. The number of hydrogen-bond donors (Lipinski definition) is 1. The Morgan fingerprint density at radius 3 is 2.90 bits per heavy atom. The van der Waals surface area contributed by atoms with Crippen LogP contribution in [-0.2, 0) is 4.74 Å². The van der Waals surface area contributed by atoms with Gasteiger partial charge >= 0.3 is 6.01 Å². The van der Waals surface area contributed by atoms with Crippen molar-refractivity contribution < 1.29 is 9.47 Å². The highest BCUT2D eigenvalue weighted by Gasteiger charge is 2.23. The Balaban J connectivity index is 2.23. The van der Waals surface area contributed by atoms with E-state index in [0.29, 0.717) is 31.6 Å². The summed E-state index contributed by atoms with van der Waals surface area (Å²) in [7, 11) is 1.73. The van der Waals surface area contributed by atoms with E-state index in [-0.39, 0.29) is 12.1 Å². The normalized spacial score (nSPS) is 18.8. The van der Waals surface area contributed by atoms with Gasteiger partial charge in [-0.15, -0.1) is 0 Å². The van der Waals surface area contributed by atoms with Crippen LogP contribution in [0.2, 0.25) is 0 Å². The van der Waals surface area contributed by atoms with Crippen molar-refractivity contribution in [3.05, 3.63) is 0 Å². The minimum absolute atomic E-state index is 0.0218. The molecule has 8 heteroatoms. The molecule has 108 valence electrons. The quantitative estimate of drug-likeness (QED) is 0.847. The number of rotatable bonds is 4. The van der Waals surface area contributed by atoms with Crippen molar-refractivity contribution in [3.63, 3.8) is 0 Å². The molecule has 8 nitrogen and oxygen atoms in total. The molecule has 1 aliphatic heterocycles. The standard InChI is InChI=1S/C12H18N6O2/c1-8(2)20-12-16-10(14-3)15-11(17-12)18-4-5-19-9(6-13)7-18/h8-9H,4-5,7H2,1-3H3,(H,14,15,16,17). The second-order valence-electron chi connectivity index (χ2n) is 4.59. The van der Waals surface area contributed by atoms with Crippen molar-refractivity contribution in [1.29, 1.82) is 5.26 Å². The van der Waals surface area contributed by atoms with Crippen LogP contribution in [0, 0.1) is 11.3 Å². The van der Waals surface area contributed by atoms with E-state index in [0.717, 1.165) is 0 Å². The first kappa shape index (κ1) is 14.3. The third kappa shape index (κ3) is 3.45. The highest BCUT2D eigenvalue weighted by molar-refractivity contribution is 5.39. The fraction of sp³-hybridized carbons (Fsp3) is 0.667. The molecule has 1 aliphatic rings. The fourth-order valence-electron chi connectivity index (χ4n) is 1.77. The van der Waals surface area contributed by atoms with Crippen molar-refractivity contribution in [2.45, 2.75) is 26.1 Å². The van der Waals surface area contributed by atoms with E-state index in [1.807, 2.05) is 18.7 Å². The number of nitriles is 1. The average molecular weight is 278 g/mol. The average Bonchev–Trinajstić information content (AvgIpc) is 2.46. The maximum absolute atomic E-state index is 8.94. The molecule has 0 spiro atoms. The zero-order chi connectivity index (χ0) is 14.5. The molecule has 1 aromatic heterocycles. The number of hydrogen-bond acceptors (Lipinski definition) is 8. The van der Waals surface area contributed by atoms with Gasteiger partial charge in [0, 0.05) is 13.6 Å². The molecule has 2 heterocycles. The molecule has 2 rings (SSSR count). The maximum Gasteiger partial charge on any atom is 0.323 e. The summed E-state index contributed by atoms with van der Waals surface area (Å²) in [5.41, 5.74) is 0. The molecule has 1 atom stereocenters. The Bertz CT molecular complexity index is 501. The van der Waals surface area contributed by atoms with Gasteiger partial charge in [0.25, 0.3) is 0 Å². The summed E-state index contributed by atoms with van der Waals surface area (Å²) in [6, 6.07) is 2.37. The summed E-state index contributed by atoms with van der Waals surface area (Å²) in [6.45, 7) is 5.35. The lowest BCUT2D eigenvalue weighted by molar-refractivity contribution is 0.0757. The molecule has 1 aromatic rings. The van der Waals surface area contributed by atoms with Crippen molar-refractivity contribution in [2.75, 3.05) is 37.0 Å². The number of nitrogens with zero attached hydrogens (tertiary/aromatic N) is 5. The Morgan fingerprint density at radius 1 is 1.45 bits per heavy atom. The third-order valence-corrected chi connectivity index (χ3v) is 2.66. The second-order valence-corrected chi connectivity index (χ2v) is 4.59. The summed E-state index contributed by atoms with van der Waals surface area (Å²) in [4.78, 5) is 14.6. The van der Waals surface area contributed by atoms with Gasteiger partial charge < -0.3 is 19.7 Å². The Hall–Kier alpha value is -2.14. The first-order chi connectivity index (χ1) is 9.62. The first-order valence-electron chi connectivity index (χ1n) is 6.49. The van der Waals surface area contributed by atoms with Crippen LogP contribution in [0.5, 0.6) is 6.01 Å². The number of anilines is 2. The predicted octanol–water partition coefficient (Wildman–Crippen LogP) is 0.429. The van der Waals surface area contributed by atoms with Crippen LogP contribution in [0.25, 0.3) is 0 Å². The van der Waals surface area contributed by atoms with E-state index < -0.39 is 6.10 Å². The summed E-state index contributed by atoms with van der Waals surface area (Å²) < 4.78 is 10.8. The fourth-order valence-corrected chi connectivity index (χ4v) is 1.77. The molecule has 0 aromatic carbocycles. The van der Waals surface area contributed by atoms with Crippen molar-refractivity contribution in [3.8, 4) is 12.1 Å². The molecular weight excluding hydrogens is 260 g/mol. The summed E-state index contributed by atoms with van der Waals surface area (Å²) >= 11 is 0. The Kier molecular flexibility index (Phi) is 4.53. The molecule has 1 unspecified atom stereocenters. The molecule has 1 fully saturated rings. The number of nitrogens with one attached hydrogen (secondary N) is 1. The Labute approximate surface area is 117 Å². The SMILES string of the molecule is CNc1nc(OC(C)C)nc(N2CCOC(C#N)C2)n1. The van der Waals surface area contributed by atoms with Crippen LogP contribution in [0.15, 0.2) is 0 Å². The number of morpholine rings is 1. The Morgan fingerprint density at radius 2 is 2.25 bits per heavy atom. The van der Waals surface area contributed by atoms with Gasteiger partial charge in [0.15, 0.2) is 6.10 Å². The van der Waals surface area contributed by atoms with E-state index in [1.165, 1.54) is 0 Å². The van der Waals surface area contributed by atoms with Crippen LogP contribution in [0.3, 0.4) is 0 Å². The van der Waals surface area contributed by atoms with Gasteiger partial charge in [-0.05, 0) is 13.8 Å². The molecule has 1 saturated heterocycles. The first-order valence-corrected chi connectivity index (χ1v) is 6.49. The van der Waals surface area contributed by atoms with E-state index in [2.05, 4.69) is 26.3 Å². The molecular formula is C12H18N6O2. The molecule has 0 saturated carbocycles. The maximum atomic E-state index is 8.94. The summed E-state index contributed by atoms with van der Waals surface area (Å²) in [6.07, 6.45) is -0.487. The van der Waals surface area contributed by atoms with Gasteiger partial charge in [-0.25, -0.2) is 0 Å². The van der Waals surface area contributed by atoms with E-state index >= 15 is 0 Å². The molecule has 1 N–H and O–H groups in total. The molecule has 0 radical (unpaired) electrons. The van der Waals surface area contributed by atoms with Crippen molar-refractivity contribution >= 4 is 11.9 Å². The summed E-state index contributed by atoms with van der Waals surface area (Å²) in [5.74, 6) is 0.925. The minimum Gasteiger partial charge on any atom is -0.461 e. The topological polar surface area (TPSA) is 96.2 Å². The molecule has 0 aliphatic carbocycles. The van der Waals surface area contributed by atoms with Crippen molar-refractivity contribution in [2.24, 2.45) is 0 Å². The van der Waals surface area contributed by atoms with Crippen LogP contribution in [-0.4, -0.2) is 53.9 Å². The number of ether oxygens (including phenoxy) is 2. The summed E-state index contributed by atoms with van der Waals surface area (Å²) in [5, 5.41) is 11.8. The third-order valence-electron chi connectivity index (χ3n) is 2.66. The lowest BCUT2D eigenvalue weighted by atomic mass is 10.3. The smallest absolute Gasteiger partial charge is 0.323 e. The van der Waals surface area contributed by atoms with Gasteiger partial charge in [0.1, 0.15) is 0 Å². The van der Waals surface area contributed by atoms with Gasteiger partial charge in [-0.3, -0.25) is 0 Å². The number of aromatic nitrogens is 3. The lowest BCUT2D eigenvalue weighted by Gasteiger charge is -2.29. The second kappa shape index (κ2) is 6.34. The largest absolute Gasteiger partial charge is 0.461 e. The zero-order valence-corrected chi connectivity index (χ0v) is 11.8. The van der Waals surface area contributed by atoms with Crippen LogP contribution in [0.1, 0.15) is 13.8 Å². The van der Waals surface area contributed by atoms with E-state index in [4.69, 9.17) is 14.7 Å². The van der Waals surface area contributed by atoms with Crippen molar-refractivity contribution in [1.82, 2.24) is 15.0 Å². The van der Waals surface area contributed by atoms with Gasteiger partial charge in [-0.2, -0.15) is 20.2 Å². The predicted molar refractivity (Wildman–Crippen MR) is 72.7 cm³/mol. The van der Waals surface area contributed by atoms with Crippen LogP contribution in [0.4, 0.5) is 11.9 Å². The monoisotopic (exact) mass is 278 g/mol. The zero-order valence-electron chi connectivity index (χ0n) is 11.8. The van der Waals surface area contributed by atoms with Crippen LogP contribution < -0.4 is 15.0 Å². The van der Waals surface area contributed by atoms with Gasteiger partial charge in [-0.1, -0.05) is 0 Å². The molecule has 0 amide bonds. The van der Waals surface area contributed by atoms with Gasteiger partial charge in [0.05, 0.1) is 25.3 Å². The molecule has 0 bridgehead atoms. The van der Waals surface area contributed by atoms with Gasteiger partial charge in [0.2, 0.25) is 11.9 Å². The highest BCUT2D eigenvalue weighted by Crippen LogP contribution is 2.18. The van der Waals surface area contributed by atoms with Crippen LogP contribution >= 0.6 is 0 Å². The highest BCUT2D eigenvalue weighted by atomic mass is 16.5. The lowest BCUT2D eigenvalue weighted by Crippen LogP contribution is -2.42. The van der Waals surface area contributed by atoms with E-state index in [9.17, 15) is 0 Å². The van der Waals surface area contributed by atoms with E-state index in [1.54, 1.807) is 7.05 Å².